The highest BCUT2D eigenvalue weighted by atomic mass is 16.2. The molecular formula is C14H15N3O2. The van der Waals surface area contributed by atoms with Crippen molar-refractivity contribution in [1.29, 1.82) is 0 Å². The molecule has 0 saturated heterocycles. The molecule has 0 radical (unpaired) electrons. The lowest BCUT2D eigenvalue weighted by molar-refractivity contribution is -0.121. The summed E-state index contributed by atoms with van der Waals surface area (Å²) in [4.78, 5) is 25.3. The Morgan fingerprint density at radius 2 is 2.16 bits per heavy atom. The Kier molecular flexibility index (Phi) is 2.81. The Morgan fingerprint density at radius 3 is 2.89 bits per heavy atom. The van der Waals surface area contributed by atoms with Crippen molar-refractivity contribution in [3.05, 3.63) is 29.8 Å². The first-order chi connectivity index (χ1) is 9.16. The van der Waals surface area contributed by atoms with Gasteiger partial charge in [-0.25, -0.2) is 5.43 Å². The van der Waals surface area contributed by atoms with Gasteiger partial charge in [-0.05, 0) is 11.6 Å². The van der Waals surface area contributed by atoms with Crippen molar-refractivity contribution in [2.75, 3.05) is 11.4 Å². The first-order valence-corrected chi connectivity index (χ1v) is 6.43. The van der Waals surface area contributed by atoms with E-state index < -0.39 is 0 Å². The maximum Gasteiger partial charge on any atom is 0.274 e. The van der Waals surface area contributed by atoms with E-state index >= 15 is 0 Å². The molecule has 1 N–H and O–H groups in total. The van der Waals surface area contributed by atoms with Crippen LogP contribution in [-0.2, 0) is 9.59 Å². The SMILES string of the molecule is CC1CN(C(=O)C2=NNC(=O)CC2)c2ccccc21. The first kappa shape index (κ1) is 11.9. The Labute approximate surface area is 111 Å². The van der Waals surface area contributed by atoms with Gasteiger partial charge in [-0.15, -0.1) is 0 Å². The molecule has 2 aliphatic heterocycles. The van der Waals surface area contributed by atoms with Crippen LogP contribution in [0.25, 0.3) is 0 Å². The van der Waals surface area contributed by atoms with Gasteiger partial charge in [-0.1, -0.05) is 25.1 Å². The number of nitrogens with zero attached hydrogens (tertiary/aromatic N) is 2. The van der Waals surface area contributed by atoms with Gasteiger partial charge in [0.05, 0.1) is 0 Å². The second-order valence-electron chi connectivity index (χ2n) is 4.97. The highest BCUT2D eigenvalue weighted by Crippen LogP contribution is 2.35. The quantitative estimate of drug-likeness (QED) is 0.826. The number of hydrogen-bond donors (Lipinski definition) is 1. The van der Waals surface area contributed by atoms with Crippen molar-refractivity contribution >= 4 is 23.2 Å². The second kappa shape index (κ2) is 4.50. The summed E-state index contributed by atoms with van der Waals surface area (Å²) in [5, 5.41) is 3.88. The summed E-state index contributed by atoms with van der Waals surface area (Å²) in [7, 11) is 0. The number of nitrogens with one attached hydrogen (secondary N) is 1. The summed E-state index contributed by atoms with van der Waals surface area (Å²) in [5.74, 6) is 0.0995. The van der Waals surface area contributed by atoms with E-state index in [2.05, 4.69) is 23.5 Å². The van der Waals surface area contributed by atoms with E-state index in [-0.39, 0.29) is 11.8 Å². The molecule has 1 atom stereocenters. The fourth-order valence-corrected chi connectivity index (χ4v) is 2.60. The number of hydrazone groups is 1. The summed E-state index contributed by atoms with van der Waals surface area (Å²) < 4.78 is 0. The molecule has 0 aliphatic carbocycles. The van der Waals surface area contributed by atoms with Gasteiger partial charge in [0.15, 0.2) is 0 Å². The summed E-state index contributed by atoms with van der Waals surface area (Å²) in [6.07, 6.45) is 0.743. The molecule has 98 valence electrons. The Balaban J connectivity index is 1.88. The molecule has 0 aromatic heterocycles. The highest BCUT2D eigenvalue weighted by molar-refractivity contribution is 6.44. The molecule has 0 bridgehead atoms. The van der Waals surface area contributed by atoms with Crippen molar-refractivity contribution in [1.82, 2.24) is 5.43 Å². The van der Waals surface area contributed by atoms with E-state index in [0.29, 0.717) is 31.0 Å². The van der Waals surface area contributed by atoms with Crippen LogP contribution >= 0.6 is 0 Å². The Morgan fingerprint density at radius 1 is 1.37 bits per heavy atom. The molecule has 1 aromatic rings. The van der Waals surface area contributed by atoms with Crippen LogP contribution in [-0.4, -0.2) is 24.1 Å². The molecule has 2 amide bonds. The topological polar surface area (TPSA) is 61.8 Å². The predicted molar refractivity (Wildman–Crippen MR) is 72.0 cm³/mol. The molecule has 5 heteroatoms. The number of para-hydroxylation sites is 1. The molecule has 2 heterocycles. The lowest BCUT2D eigenvalue weighted by atomic mass is 10.0. The minimum absolute atomic E-state index is 0.100. The van der Waals surface area contributed by atoms with Gasteiger partial charge in [0, 0.05) is 31.0 Å². The third-order valence-electron chi connectivity index (χ3n) is 3.61. The average Bonchev–Trinajstić information content (AvgIpc) is 2.77. The molecular weight excluding hydrogens is 242 g/mol. The van der Waals surface area contributed by atoms with E-state index in [4.69, 9.17) is 0 Å². The monoisotopic (exact) mass is 257 g/mol. The highest BCUT2D eigenvalue weighted by Gasteiger charge is 2.32. The van der Waals surface area contributed by atoms with Gasteiger partial charge >= 0.3 is 0 Å². The minimum atomic E-state index is -0.133. The molecule has 2 aliphatic rings. The molecule has 3 rings (SSSR count). The normalized spacial score (nSPS) is 21.7. The third-order valence-corrected chi connectivity index (χ3v) is 3.61. The van der Waals surface area contributed by atoms with E-state index in [1.807, 2.05) is 18.2 Å². The average molecular weight is 257 g/mol. The van der Waals surface area contributed by atoms with Gasteiger partial charge in [0.1, 0.15) is 5.71 Å². The van der Waals surface area contributed by atoms with Gasteiger partial charge in [0.2, 0.25) is 5.91 Å². The zero-order valence-corrected chi connectivity index (χ0v) is 10.7. The van der Waals surface area contributed by atoms with E-state index in [1.165, 1.54) is 5.56 Å². The van der Waals surface area contributed by atoms with Gasteiger partial charge in [0.25, 0.3) is 5.91 Å². The lowest BCUT2D eigenvalue weighted by Crippen LogP contribution is -2.39. The van der Waals surface area contributed by atoms with Crippen molar-refractivity contribution in [2.45, 2.75) is 25.7 Å². The van der Waals surface area contributed by atoms with Crippen molar-refractivity contribution in [3.63, 3.8) is 0 Å². The van der Waals surface area contributed by atoms with Crippen molar-refractivity contribution < 1.29 is 9.59 Å². The number of carbonyl (C=O) groups is 2. The summed E-state index contributed by atoms with van der Waals surface area (Å²) in [6, 6.07) is 7.93. The molecule has 19 heavy (non-hydrogen) atoms. The summed E-state index contributed by atoms with van der Waals surface area (Å²) >= 11 is 0. The molecule has 0 spiro atoms. The van der Waals surface area contributed by atoms with Crippen LogP contribution in [0.15, 0.2) is 29.4 Å². The number of amides is 2. The fourth-order valence-electron chi connectivity index (χ4n) is 2.60. The molecule has 1 aromatic carbocycles. The zero-order chi connectivity index (χ0) is 13.4. The largest absolute Gasteiger partial charge is 0.306 e. The fraction of sp³-hybridized carbons (Fsp3) is 0.357. The molecule has 0 saturated carbocycles. The van der Waals surface area contributed by atoms with E-state index in [9.17, 15) is 9.59 Å². The van der Waals surface area contributed by atoms with Crippen molar-refractivity contribution in [2.24, 2.45) is 5.10 Å². The van der Waals surface area contributed by atoms with Crippen LogP contribution in [0.1, 0.15) is 31.2 Å². The van der Waals surface area contributed by atoms with Crippen LogP contribution < -0.4 is 10.3 Å². The maximum atomic E-state index is 12.5. The van der Waals surface area contributed by atoms with Crippen molar-refractivity contribution in [3.8, 4) is 0 Å². The van der Waals surface area contributed by atoms with Crippen LogP contribution in [0.5, 0.6) is 0 Å². The number of anilines is 1. The smallest absolute Gasteiger partial charge is 0.274 e. The lowest BCUT2D eigenvalue weighted by Gasteiger charge is -2.20. The van der Waals surface area contributed by atoms with Crippen LogP contribution in [0.4, 0.5) is 5.69 Å². The summed E-state index contributed by atoms with van der Waals surface area (Å²) in [5.41, 5.74) is 4.96. The van der Waals surface area contributed by atoms with Gasteiger partial charge in [-0.2, -0.15) is 5.10 Å². The molecule has 0 fully saturated rings. The minimum Gasteiger partial charge on any atom is -0.306 e. The second-order valence-corrected chi connectivity index (χ2v) is 4.97. The summed E-state index contributed by atoms with van der Waals surface area (Å²) in [6.45, 7) is 2.78. The van der Waals surface area contributed by atoms with Gasteiger partial charge in [-0.3, -0.25) is 9.59 Å². The van der Waals surface area contributed by atoms with E-state index in [0.717, 1.165) is 5.69 Å². The van der Waals surface area contributed by atoms with Gasteiger partial charge < -0.3 is 4.90 Å². The van der Waals surface area contributed by atoms with Crippen LogP contribution in [0, 0.1) is 0 Å². The Bertz CT molecular complexity index is 580. The maximum absolute atomic E-state index is 12.5. The standard InChI is InChI=1S/C14H15N3O2/c1-9-8-17(12-5-3-2-4-10(9)12)14(19)11-6-7-13(18)16-15-11/h2-5,9H,6-8H2,1H3,(H,16,18). The van der Waals surface area contributed by atoms with Crippen LogP contribution in [0.3, 0.4) is 0 Å². The molecule has 1 unspecified atom stereocenters. The third kappa shape index (κ3) is 2.01. The number of rotatable bonds is 1. The zero-order valence-electron chi connectivity index (χ0n) is 10.7. The first-order valence-electron chi connectivity index (χ1n) is 6.43. The number of hydrogen-bond acceptors (Lipinski definition) is 3. The number of carbonyl (C=O) groups excluding carboxylic acids is 2. The Hall–Kier alpha value is -2.17. The molecule has 5 nitrogen and oxygen atoms in total. The number of fused-ring (bicyclic) bond motifs is 1. The van der Waals surface area contributed by atoms with Crippen LogP contribution in [0.2, 0.25) is 0 Å². The predicted octanol–water partition coefficient (Wildman–Crippen LogP) is 1.40. The van der Waals surface area contributed by atoms with E-state index in [1.54, 1.807) is 4.90 Å². The number of benzene rings is 1.